The molecule has 0 nitrogen and oxygen atoms in total. The van der Waals surface area contributed by atoms with E-state index in [1.165, 1.54) is 0 Å². The van der Waals surface area contributed by atoms with Crippen molar-refractivity contribution in [1.82, 2.24) is 0 Å². The van der Waals surface area contributed by atoms with E-state index in [9.17, 15) is 8.22 Å². The molecular weight excluding hydrogens is 577 g/mol. The lowest BCUT2D eigenvalue weighted by molar-refractivity contribution is 1.62. The zero-order valence-electron chi connectivity index (χ0n) is 35.4. The smallest absolute Gasteiger partial charge is 0.0616 e. The molecule has 220 valence electrons. The first-order chi connectivity index (χ1) is 28.0. The molecule has 11 aromatic rings. The van der Waals surface area contributed by atoms with Crippen molar-refractivity contribution < 1.29 is 13.7 Å². The summed E-state index contributed by atoms with van der Waals surface area (Å²) in [6.45, 7) is 0. The van der Waals surface area contributed by atoms with Crippen LogP contribution in [-0.2, 0) is 0 Å². The number of hydrogen-bond acceptors (Lipinski definition) is 0. The molecule has 11 rings (SSSR count). The minimum absolute atomic E-state index is 0.00535. The van der Waals surface area contributed by atoms with Crippen LogP contribution in [-0.4, -0.2) is 0 Å². The van der Waals surface area contributed by atoms with Gasteiger partial charge in [-0.25, -0.2) is 0 Å². The predicted molar refractivity (Wildman–Crippen MR) is 208 cm³/mol. The second kappa shape index (κ2) is 9.64. The monoisotopic (exact) mass is 614 g/mol. The van der Waals surface area contributed by atoms with Gasteiger partial charge in [0.05, 0.1) is 13.7 Å². The van der Waals surface area contributed by atoms with Crippen LogP contribution in [0.4, 0.5) is 0 Å². The van der Waals surface area contributed by atoms with Gasteiger partial charge >= 0.3 is 0 Å². The summed E-state index contributed by atoms with van der Waals surface area (Å²) >= 11 is 0. The van der Waals surface area contributed by atoms with Crippen LogP contribution in [0.3, 0.4) is 0 Å². The SMILES string of the molecule is [2H]c1c([2H])c([2H])c(-c2c([2H])c([2H])c(-c3ccc4ccc5cccc6ccc3c4c56)c3c([2H])c([2H])c([2H])c([2H])c23)c(-c2ccc3ccc4cccc5ccc2c3c45)c1[2H]. The van der Waals surface area contributed by atoms with Gasteiger partial charge in [0.1, 0.15) is 0 Å². The lowest BCUT2D eigenvalue weighted by Crippen LogP contribution is -1.92. The van der Waals surface area contributed by atoms with E-state index >= 15 is 0 Å². The molecule has 48 heavy (non-hydrogen) atoms. The third kappa shape index (κ3) is 3.49. The quantitative estimate of drug-likeness (QED) is 0.174. The Kier molecular flexibility index (Phi) is 3.65. The van der Waals surface area contributed by atoms with Gasteiger partial charge in [0, 0.05) is 0 Å². The van der Waals surface area contributed by atoms with Gasteiger partial charge in [0.2, 0.25) is 0 Å². The maximum Gasteiger partial charge on any atom is 0.0630 e. The molecule has 0 aliphatic heterocycles. The van der Waals surface area contributed by atoms with Gasteiger partial charge in [-0.1, -0.05) is 170 Å². The van der Waals surface area contributed by atoms with Gasteiger partial charge in [-0.3, -0.25) is 0 Å². The molecular formula is C48H28. The molecule has 0 radical (unpaired) electrons. The van der Waals surface area contributed by atoms with Crippen molar-refractivity contribution >= 4 is 75.4 Å². The van der Waals surface area contributed by atoms with Crippen molar-refractivity contribution in [1.29, 1.82) is 0 Å². The van der Waals surface area contributed by atoms with Gasteiger partial charge in [-0.05, 0) is 109 Å². The van der Waals surface area contributed by atoms with Crippen molar-refractivity contribution in [3.8, 4) is 33.4 Å². The van der Waals surface area contributed by atoms with E-state index < -0.39 is 48.3 Å². The molecule has 0 saturated carbocycles. The number of hydrogen-bond donors (Lipinski definition) is 0. The molecule has 0 aliphatic rings. The van der Waals surface area contributed by atoms with Gasteiger partial charge in [0.25, 0.3) is 0 Å². The lowest BCUT2D eigenvalue weighted by atomic mass is 9.84. The summed E-state index contributed by atoms with van der Waals surface area (Å²) in [6.07, 6.45) is 0. The highest BCUT2D eigenvalue weighted by atomic mass is 14.2. The zero-order valence-corrected chi connectivity index (χ0v) is 25.4. The van der Waals surface area contributed by atoms with Crippen LogP contribution in [0.1, 0.15) is 13.7 Å². The molecule has 0 spiro atoms. The van der Waals surface area contributed by atoms with E-state index in [1.807, 2.05) is 103 Å². The average Bonchev–Trinajstić information content (AvgIpc) is 3.24. The fourth-order valence-corrected chi connectivity index (χ4v) is 7.94. The number of benzene rings is 11. The molecule has 0 unspecified atom stereocenters. The Morgan fingerprint density at radius 3 is 1.10 bits per heavy atom. The number of rotatable bonds is 3. The Balaban J connectivity index is 1.32. The zero-order chi connectivity index (χ0) is 40.0. The van der Waals surface area contributed by atoms with E-state index in [4.69, 9.17) is 5.48 Å². The minimum atomic E-state index is -0.558. The first kappa shape index (κ1) is 18.2. The molecule has 0 saturated heterocycles. The molecule has 0 aliphatic carbocycles. The molecule has 0 N–H and O–H groups in total. The molecule has 0 amide bonds. The summed E-state index contributed by atoms with van der Waals surface area (Å²) in [5.74, 6) is 0. The van der Waals surface area contributed by atoms with E-state index in [0.717, 1.165) is 64.6 Å². The second-order valence-electron chi connectivity index (χ2n) is 12.4. The third-order valence-electron chi connectivity index (χ3n) is 10.0. The normalized spacial score (nSPS) is 15.1. The molecule has 11 aromatic carbocycles. The summed E-state index contributed by atoms with van der Waals surface area (Å²) in [7, 11) is 0. The van der Waals surface area contributed by atoms with Crippen LogP contribution in [0.5, 0.6) is 0 Å². The Bertz CT molecular complexity index is 3600. The van der Waals surface area contributed by atoms with Crippen LogP contribution in [0.15, 0.2) is 170 Å². The first-order valence-corrected chi connectivity index (χ1v) is 16.0. The van der Waals surface area contributed by atoms with E-state index in [1.54, 1.807) is 0 Å². The predicted octanol–water partition coefficient (Wildman–Crippen LogP) is 13.6. The van der Waals surface area contributed by atoms with Gasteiger partial charge in [0.15, 0.2) is 0 Å². The fraction of sp³-hybridized carbons (Fsp3) is 0. The van der Waals surface area contributed by atoms with Crippen molar-refractivity contribution in [2.75, 3.05) is 0 Å². The second-order valence-corrected chi connectivity index (χ2v) is 12.4. The van der Waals surface area contributed by atoms with Crippen molar-refractivity contribution in [2.24, 2.45) is 0 Å². The van der Waals surface area contributed by atoms with E-state index in [2.05, 4.69) is 6.07 Å². The topological polar surface area (TPSA) is 0 Å². The van der Waals surface area contributed by atoms with Crippen LogP contribution < -0.4 is 0 Å². The lowest BCUT2D eigenvalue weighted by Gasteiger charge is -2.19. The molecule has 0 atom stereocenters. The molecule has 0 heteroatoms. The summed E-state index contributed by atoms with van der Waals surface area (Å²) in [4.78, 5) is 0. The Hall–Kier alpha value is -6.24. The van der Waals surface area contributed by atoms with Gasteiger partial charge in [-0.2, -0.15) is 0 Å². The van der Waals surface area contributed by atoms with Crippen LogP contribution in [0, 0.1) is 0 Å². The summed E-state index contributed by atoms with van der Waals surface area (Å²) in [6, 6.07) is 31.0. The highest BCUT2D eigenvalue weighted by Gasteiger charge is 2.18. The van der Waals surface area contributed by atoms with Crippen molar-refractivity contribution in [2.45, 2.75) is 0 Å². The Labute approximate surface area is 291 Å². The van der Waals surface area contributed by atoms with Gasteiger partial charge < -0.3 is 0 Å². The highest BCUT2D eigenvalue weighted by Crippen LogP contribution is 2.46. The third-order valence-corrected chi connectivity index (χ3v) is 10.0. The molecule has 0 bridgehead atoms. The molecule has 0 fully saturated rings. The van der Waals surface area contributed by atoms with Gasteiger partial charge in [-0.15, -0.1) is 0 Å². The molecule has 0 aromatic heterocycles. The van der Waals surface area contributed by atoms with Crippen LogP contribution >= 0.6 is 0 Å². The first-order valence-electron chi connectivity index (χ1n) is 21.0. The van der Waals surface area contributed by atoms with Crippen molar-refractivity contribution in [3.05, 3.63) is 170 Å². The van der Waals surface area contributed by atoms with Crippen LogP contribution in [0.2, 0.25) is 0 Å². The fourth-order valence-electron chi connectivity index (χ4n) is 7.94. The highest BCUT2D eigenvalue weighted by molar-refractivity contribution is 6.27. The maximum absolute atomic E-state index is 9.80. The van der Waals surface area contributed by atoms with Crippen molar-refractivity contribution in [3.63, 3.8) is 0 Å². The van der Waals surface area contributed by atoms with E-state index in [0.29, 0.717) is 11.1 Å². The largest absolute Gasteiger partial charge is 0.0630 e. The summed E-state index contributed by atoms with van der Waals surface area (Å²) < 4.78 is 92.7. The number of fused-ring (bicyclic) bond motifs is 1. The van der Waals surface area contributed by atoms with Crippen LogP contribution in [0.25, 0.3) is 109 Å². The average molecular weight is 615 g/mol. The maximum atomic E-state index is 9.80. The standard InChI is InChI=1S/C48H28/c1-2-12-36-35(11-1)39(27-28-40(36)42-24-20-34-18-16-30-8-6-10-32-22-26-44(42)48(34)46(30)32)37-13-3-4-14-38(37)41-23-19-33-17-15-29-7-5-9-31-21-25-43(41)47(33)45(29)31/h1-28H/i1D,2D,3D,4D,11D,12D,13D,14D,27D,28D. The Morgan fingerprint density at radius 1 is 0.250 bits per heavy atom. The van der Waals surface area contributed by atoms with E-state index in [-0.39, 0.29) is 45.1 Å². The summed E-state index contributed by atoms with van der Waals surface area (Å²) in [5.41, 5.74) is 0.980. The molecule has 0 heterocycles. The Morgan fingerprint density at radius 2 is 0.604 bits per heavy atom. The summed E-state index contributed by atoms with van der Waals surface area (Å²) in [5, 5.41) is 11.3. The minimum Gasteiger partial charge on any atom is -0.0616 e.